The summed E-state index contributed by atoms with van der Waals surface area (Å²) in [5.41, 5.74) is 3.40. The number of hydrogen-bond donors (Lipinski definition) is 1. The number of hydrogen-bond acceptors (Lipinski definition) is 6. The first kappa shape index (κ1) is 26.6. The van der Waals surface area contributed by atoms with Crippen molar-refractivity contribution in [3.8, 4) is 0 Å². The number of ether oxygens (including phenoxy) is 1. The van der Waals surface area contributed by atoms with Crippen LogP contribution in [0.4, 0.5) is 5.69 Å². The molecule has 0 aliphatic carbocycles. The van der Waals surface area contributed by atoms with E-state index < -0.39 is 21.9 Å². The molecular weight excluding hydrogens is 534 g/mol. The standard InChI is InChI=1S/C26H24ClN3O5S2/c1-4-35-23(31)15-30-22-14-16(2)13-17(3)24(22)36-26(30)28-25(32)18-5-9-20(10-6-18)29-37(33,34)21-11-7-19(27)8-12-21/h5-14,29H,4,15H2,1-3H3. The average Bonchev–Trinajstić information content (AvgIpc) is 3.16. The number of sulfonamides is 1. The third-order valence-electron chi connectivity index (χ3n) is 5.41. The fraction of sp³-hybridized carbons (Fsp3) is 0.192. The molecule has 0 bridgehead atoms. The van der Waals surface area contributed by atoms with Gasteiger partial charge < -0.3 is 9.30 Å². The lowest BCUT2D eigenvalue weighted by atomic mass is 10.1. The molecule has 1 amide bonds. The van der Waals surface area contributed by atoms with Gasteiger partial charge in [-0.3, -0.25) is 14.3 Å². The van der Waals surface area contributed by atoms with Gasteiger partial charge in [-0.25, -0.2) is 8.42 Å². The Morgan fingerprint density at radius 2 is 1.73 bits per heavy atom. The van der Waals surface area contributed by atoms with Gasteiger partial charge in [0, 0.05) is 16.3 Å². The van der Waals surface area contributed by atoms with Gasteiger partial charge in [-0.1, -0.05) is 29.0 Å². The lowest BCUT2D eigenvalue weighted by molar-refractivity contribution is -0.143. The zero-order chi connectivity index (χ0) is 26.7. The number of nitrogens with one attached hydrogen (secondary N) is 1. The number of thiazole rings is 1. The zero-order valence-electron chi connectivity index (χ0n) is 20.3. The summed E-state index contributed by atoms with van der Waals surface area (Å²) in [6.45, 7) is 5.84. The van der Waals surface area contributed by atoms with Crippen molar-refractivity contribution < 1.29 is 22.7 Å². The first-order valence-corrected chi connectivity index (χ1v) is 14.0. The number of rotatable bonds is 7. The van der Waals surface area contributed by atoms with Crippen LogP contribution in [0.2, 0.25) is 5.02 Å². The van der Waals surface area contributed by atoms with Gasteiger partial charge in [-0.05, 0) is 86.5 Å². The summed E-state index contributed by atoms with van der Waals surface area (Å²) in [4.78, 5) is 30.0. The number of benzene rings is 3. The molecule has 8 nitrogen and oxygen atoms in total. The summed E-state index contributed by atoms with van der Waals surface area (Å²) in [6.07, 6.45) is 0. The Balaban J connectivity index is 1.64. The molecule has 0 fully saturated rings. The first-order valence-electron chi connectivity index (χ1n) is 11.3. The van der Waals surface area contributed by atoms with Crippen LogP contribution in [0, 0.1) is 13.8 Å². The molecule has 0 aliphatic heterocycles. The van der Waals surface area contributed by atoms with E-state index in [0.29, 0.717) is 9.82 Å². The van der Waals surface area contributed by atoms with Gasteiger partial charge in [0.05, 0.1) is 21.7 Å². The third-order valence-corrected chi connectivity index (χ3v) is 8.29. The van der Waals surface area contributed by atoms with Gasteiger partial charge in [-0.2, -0.15) is 4.99 Å². The number of aryl methyl sites for hydroxylation is 2. The van der Waals surface area contributed by atoms with Crippen LogP contribution in [0.15, 0.2) is 70.6 Å². The van der Waals surface area contributed by atoms with E-state index >= 15 is 0 Å². The maximum absolute atomic E-state index is 13.0. The van der Waals surface area contributed by atoms with E-state index in [1.807, 2.05) is 26.0 Å². The van der Waals surface area contributed by atoms with E-state index in [2.05, 4.69) is 9.71 Å². The number of aromatic nitrogens is 1. The van der Waals surface area contributed by atoms with Gasteiger partial charge >= 0.3 is 5.97 Å². The molecule has 4 aromatic rings. The summed E-state index contributed by atoms with van der Waals surface area (Å²) in [7, 11) is -3.82. The quantitative estimate of drug-likeness (QED) is 0.319. The molecule has 4 rings (SSSR count). The van der Waals surface area contributed by atoms with Crippen LogP contribution in [-0.4, -0.2) is 31.5 Å². The van der Waals surface area contributed by atoms with Crippen LogP contribution < -0.4 is 9.52 Å². The van der Waals surface area contributed by atoms with Crippen molar-refractivity contribution in [3.63, 3.8) is 0 Å². The van der Waals surface area contributed by atoms with E-state index in [4.69, 9.17) is 16.3 Å². The van der Waals surface area contributed by atoms with E-state index in [0.717, 1.165) is 21.3 Å². The lowest BCUT2D eigenvalue weighted by Gasteiger charge is -2.08. The number of carbonyl (C=O) groups is 2. The van der Waals surface area contributed by atoms with Crippen LogP contribution in [0.5, 0.6) is 0 Å². The van der Waals surface area contributed by atoms with Gasteiger partial charge in [0.15, 0.2) is 4.80 Å². The minimum Gasteiger partial charge on any atom is -0.465 e. The minimum atomic E-state index is -3.82. The van der Waals surface area contributed by atoms with Gasteiger partial charge in [0.1, 0.15) is 6.54 Å². The number of anilines is 1. The Bertz CT molecular complexity index is 1660. The Kier molecular flexibility index (Phi) is 7.82. The van der Waals surface area contributed by atoms with Crippen LogP contribution in [0.25, 0.3) is 10.2 Å². The third kappa shape index (κ3) is 6.10. The van der Waals surface area contributed by atoms with E-state index in [9.17, 15) is 18.0 Å². The van der Waals surface area contributed by atoms with Crippen molar-refractivity contribution in [1.82, 2.24) is 4.57 Å². The Morgan fingerprint density at radius 1 is 1.05 bits per heavy atom. The van der Waals surface area contributed by atoms with Crippen LogP contribution in [0.1, 0.15) is 28.4 Å². The van der Waals surface area contributed by atoms with Crippen molar-refractivity contribution in [2.75, 3.05) is 11.3 Å². The molecule has 1 heterocycles. The topological polar surface area (TPSA) is 107 Å². The van der Waals surface area contributed by atoms with Crippen LogP contribution in [0.3, 0.4) is 0 Å². The molecule has 192 valence electrons. The summed E-state index contributed by atoms with van der Waals surface area (Å²) in [6, 6.07) is 15.7. The highest BCUT2D eigenvalue weighted by atomic mass is 35.5. The number of nitrogens with zero attached hydrogens (tertiary/aromatic N) is 2. The van der Waals surface area contributed by atoms with Crippen molar-refractivity contribution in [2.24, 2.45) is 4.99 Å². The molecule has 0 atom stereocenters. The Morgan fingerprint density at radius 3 is 2.38 bits per heavy atom. The van der Waals surface area contributed by atoms with Gasteiger partial charge in [0.2, 0.25) is 0 Å². The maximum atomic E-state index is 13.0. The van der Waals surface area contributed by atoms with Crippen molar-refractivity contribution >= 4 is 60.7 Å². The maximum Gasteiger partial charge on any atom is 0.326 e. The zero-order valence-corrected chi connectivity index (χ0v) is 22.7. The van der Waals surface area contributed by atoms with Crippen LogP contribution >= 0.6 is 22.9 Å². The van der Waals surface area contributed by atoms with Crippen molar-refractivity contribution in [3.05, 3.63) is 87.2 Å². The SMILES string of the molecule is CCOC(=O)Cn1c(=NC(=O)c2ccc(NS(=O)(=O)c3ccc(Cl)cc3)cc2)sc2c(C)cc(C)cc21. The molecule has 3 aromatic carbocycles. The monoisotopic (exact) mass is 557 g/mol. The predicted octanol–water partition coefficient (Wildman–Crippen LogP) is 5.08. The normalized spacial score (nSPS) is 12.1. The van der Waals surface area contributed by atoms with Crippen molar-refractivity contribution in [1.29, 1.82) is 0 Å². The fourth-order valence-electron chi connectivity index (χ4n) is 3.75. The van der Waals surface area contributed by atoms with Gasteiger partial charge in [0.25, 0.3) is 15.9 Å². The highest BCUT2D eigenvalue weighted by molar-refractivity contribution is 7.92. The largest absolute Gasteiger partial charge is 0.465 e. The average molecular weight is 558 g/mol. The minimum absolute atomic E-state index is 0.0634. The van der Waals surface area contributed by atoms with E-state index in [-0.39, 0.29) is 29.3 Å². The number of carbonyl (C=O) groups excluding carboxylic acids is 2. The Labute approximate surface area is 223 Å². The summed E-state index contributed by atoms with van der Waals surface area (Å²) in [5, 5.41) is 0.429. The summed E-state index contributed by atoms with van der Waals surface area (Å²) >= 11 is 7.15. The molecule has 0 radical (unpaired) electrons. The molecule has 1 aromatic heterocycles. The highest BCUT2D eigenvalue weighted by Crippen LogP contribution is 2.24. The molecule has 0 saturated heterocycles. The predicted molar refractivity (Wildman–Crippen MR) is 145 cm³/mol. The number of halogens is 1. The molecule has 0 spiro atoms. The molecule has 37 heavy (non-hydrogen) atoms. The second-order valence-electron chi connectivity index (χ2n) is 8.26. The molecule has 0 unspecified atom stereocenters. The fourth-order valence-corrected chi connectivity index (χ4v) is 6.01. The second kappa shape index (κ2) is 10.9. The lowest BCUT2D eigenvalue weighted by Crippen LogP contribution is -2.23. The number of esters is 1. The molecule has 0 aliphatic rings. The van der Waals surface area contributed by atoms with E-state index in [1.54, 1.807) is 11.5 Å². The Hall–Kier alpha value is -3.47. The smallest absolute Gasteiger partial charge is 0.326 e. The second-order valence-corrected chi connectivity index (χ2v) is 11.4. The van der Waals surface area contributed by atoms with E-state index in [1.165, 1.54) is 59.9 Å². The van der Waals surface area contributed by atoms with Crippen molar-refractivity contribution in [2.45, 2.75) is 32.2 Å². The first-order chi connectivity index (χ1) is 17.6. The number of fused-ring (bicyclic) bond motifs is 1. The summed E-state index contributed by atoms with van der Waals surface area (Å²) in [5.74, 6) is -0.946. The summed E-state index contributed by atoms with van der Waals surface area (Å²) < 4.78 is 35.4. The number of amides is 1. The van der Waals surface area contributed by atoms with Crippen LogP contribution in [-0.2, 0) is 26.1 Å². The van der Waals surface area contributed by atoms with Gasteiger partial charge in [-0.15, -0.1) is 0 Å². The molecule has 11 heteroatoms. The molecule has 1 N–H and O–H groups in total. The molecular formula is C26H24ClN3O5S2. The highest BCUT2D eigenvalue weighted by Gasteiger charge is 2.16. The molecule has 0 saturated carbocycles.